The third-order valence-electron chi connectivity index (χ3n) is 6.51. The molecular formula is C26H34N6O4. The number of hydrogen-bond donors (Lipinski definition) is 4. The van der Waals surface area contributed by atoms with Crippen molar-refractivity contribution in [3.05, 3.63) is 59.7 Å². The van der Waals surface area contributed by atoms with E-state index in [1.165, 1.54) is 0 Å². The number of benzene rings is 2. The number of hydrazone groups is 2. The summed E-state index contributed by atoms with van der Waals surface area (Å²) in [5, 5.41) is 14.6. The van der Waals surface area contributed by atoms with E-state index in [9.17, 15) is 9.59 Å². The van der Waals surface area contributed by atoms with E-state index in [1.54, 1.807) is 28.1 Å². The summed E-state index contributed by atoms with van der Waals surface area (Å²) in [6.45, 7) is 7.46. The second kappa shape index (κ2) is 12.1. The molecule has 4 amide bonds. The van der Waals surface area contributed by atoms with Crippen LogP contribution in [-0.4, -0.2) is 37.7 Å². The molecule has 4 unspecified atom stereocenters. The predicted molar refractivity (Wildman–Crippen MR) is 139 cm³/mol. The summed E-state index contributed by atoms with van der Waals surface area (Å²) in [6.07, 6.45) is 0. The molecule has 4 atom stereocenters. The van der Waals surface area contributed by atoms with Crippen LogP contribution in [0.5, 0.6) is 11.5 Å². The lowest BCUT2D eigenvalue weighted by atomic mass is 9.91. The van der Waals surface area contributed by atoms with Gasteiger partial charge in [-0.25, -0.2) is 20.4 Å². The Hall–Kier alpha value is -4.08. The summed E-state index contributed by atoms with van der Waals surface area (Å²) in [5.41, 5.74) is 8.19. The molecule has 0 aliphatic carbocycles. The van der Waals surface area contributed by atoms with Crippen molar-refractivity contribution < 1.29 is 19.1 Å². The third kappa shape index (κ3) is 6.53. The van der Waals surface area contributed by atoms with E-state index >= 15 is 0 Å². The fraction of sp³-hybridized carbons (Fsp3) is 0.385. The lowest BCUT2D eigenvalue weighted by molar-refractivity contribution is 0.232. The molecule has 4 N–H and O–H groups in total. The first-order valence-electron chi connectivity index (χ1n) is 11.7. The van der Waals surface area contributed by atoms with Crippen molar-refractivity contribution in [1.82, 2.24) is 21.5 Å². The van der Waals surface area contributed by atoms with E-state index in [-0.39, 0.29) is 11.8 Å². The van der Waals surface area contributed by atoms with Gasteiger partial charge in [-0.3, -0.25) is 0 Å². The molecule has 10 nitrogen and oxygen atoms in total. The molecule has 2 aromatic carbocycles. The molecule has 1 aliphatic rings. The van der Waals surface area contributed by atoms with Crippen LogP contribution in [-0.2, 0) is 0 Å². The summed E-state index contributed by atoms with van der Waals surface area (Å²) < 4.78 is 10.5. The zero-order valence-electron chi connectivity index (χ0n) is 21.5. The van der Waals surface area contributed by atoms with Crippen molar-refractivity contribution in [2.45, 2.75) is 39.8 Å². The van der Waals surface area contributed by atoms with E-state index in [2.05, 4.69) is 31.7 Å². The number of rotatable bonds is 4. The van der Waals surface area contributed by atoms with E-state index in [1.807, 2.05) is 62.4 Å². The lowest BCUT2D eigenvalue weighted by Crippen LogP contribution is -2.43. The van der Waals surface area contributed by atoms with Crippen LogP contribution in [0.1, 0.15) is 50.9 Å². The number of carbonyl (C=O) groups excluding carboxylic acids is 2. The Morgan fingerprint density at radius 2 is 0.972 bits per heavy atom. The van der Waals surface area contributed by atoms with Crippen LogP contribution in [0.2, 0.25) is 0 Å². The van der Waals surface area contributed by atoms with Crippen LogP contribution in [0.3, 0.4) is 0 Å². The van der Waals surface area contributed by atoms with Gasteiger partial charge in [0.25, 0.3) is 0 Å². The van der Waals surface area contributed by atoms with Crippen LogP contribution in [0.25, 0.3) is 0 Å². The summed E-state index contributed by atoms with van der Waals surface area (Å²) in [7, 11) is 3.19. The molecule has 192 valence electrons. The maximum Gasteiger partial charge on any atom is 0.335 e. The van der Waals surface area contributed by atoms with E-state index in [4.69, 9.17) is 9.47 Å². The van der Waals surface area contributed by atoms with Crippen molar-refractivity contribution in [3.8, 4) is 11.5 Å². The smallest absolute Gasteiger partial charge is 0.335 e. The van der Waals surface area contributed by atoms with Gasteiger partial charge in [0, 0.05) is 23.3 Å². The summed E-state index contributed by atoms with van der Waals surface area (Å²) in [5.74, 6) is 0.935. The predicted octanol–water partition coefficient (Wildman–Crippen LogP) is 4.12. The Morgan fingerprint density at radius 1 is 0.639 bits per heavy atom. The van der Waals surface area contributed by atoms with Crippen LogP contribution >= 0.6 is 0 Å². The van der Waals surface area contributed by atoms with Crippen molar-refractivity contribution in [1.29, 1.82) is 0 Å². The van der Waals surface area contributed by atoms with Crippen molar-refractivity contribution in [2.75, 3.05) is 14.2 Å². The second-order valence-corrected chi connectivity index (χ2v) is 8.76. The maximum atomic E-state index is 12.8. The fourth-order valence-corrected chi connectivity index (χ4v) is 3.93. The lowest BCUT2D eigenvalue weighted by Gasteiger charge is -2.28. The van der Waals surface area contributed by atoms with Gasteiger partial charge < -0.3 is 20.1 Å². The van der Waals surface area contributed by atoms with Gasteiger partial charge >= 0.3 is 12.1 Å². The molecule has 1 heterocycles. The largest absolute Gasteiger partial charge is 0.497 e. The van der Waals surface area contributed by atoms with Gasteiger partial charge in [-0.2, -0.15) is 10.2 Å². The molecule has 0 bridgehead atoms. The van der Waals surface area contributed by atoms with Gasteiger partial charge in [0.2, 0.25) is 0 Å². The Morgan fingerprint density at radius 3 is 1.28 bits per heavy atom. The molecule has 0 radical (unpaired) electrons. The van der Waals surface area contributed by atoms with Gasteiger partial charge in [-0.15, -0.1) is 0 Å². The number of nitrogens with one attached hydrogen (secondary N) is 4. The molecule has 0 aromatic heterocycles. The molecule has 0 saturated carbocycles. The Bertz CT molecular complexity index is 1020. The van der Waals surface area contributed by atoms with Crippen LogP contribution in [0.15, 0.2) is 58.7 Å². The third-order valence-corrected chi connectivity index (χ3v) is 6.51. The van der Waals surface area contributed by atoms with Crippen LogP contribution < -0.4 is 31.0 Å². The highest BCUT2D eigenvalue weighted by atomic mass is 16.5. The van der Waals surface area contributed by atoms with Crippen LogP contribution in [0, 0.1) is 11.8 Å². The molecule has 10 heteroatoms. The van der Waals surface area contributed by atoms with E-state index in [0.29, 0.717) is 22.9 Å². The Balaban J connectivity index is 1.93. The number of ether oxygens (including phenoxy) is 2. The summed E-state index contributed by atoms with van der Waals surface area (Å²) >= 11 is 0. The van der Waals surface area contributed by atoms with Crippen molar-refractivity contribution in [2.24, 2.45) is 22.0 Å². The number of carbonyl (C=O) groups is 2. The fourth-order valence-electron chi connectivity index (χ4n) is 3.93. The molecule has 1 aliphatic heterocycles. The number of amides is 4. The zero-order chi connectivity index (χ0) is 26.2. The van der Waals surface area contributed by atoms with Gasteiger partial charge in [0.1, 0.15) is 11.5 Å². The summed E-state index contributed by atoms with van der Waals surface area (Å²) in [4.78, 5) is 25.7. The normalized spacial score (nSPS) is 26.4. The van der Waals surface area contributed by atoms with E-state index < -0.39 is 24.1 Å². The van der Waals surface area contributed by atoms with Crippen molar-refractivity contribution in [3.63, 3.8) is 0 Å². The Kier molecular flexibility index (Phi) is 8.88. The molecule has 2 aromatic rings. The van der Waals surface area contributed by atoms with Crippen molar-refractivity contribution >= 4 is 23.5 Å². The maximum absolute atomic E-state index is 12.8. The number of nitrogens with zero attached hydrogens (tertiary/aromatic N) is 2. The average Bonchev–Trinajstić information content (AvgIpc) is 2.90. The first kappa shape index (κ1) is 26.5. The minimum Gasteiger partial charge on any atom is -0.497 e. The highest BCUT2D eigenvalue weighted by Crippen LogP contribution is 2.27. The minimum atomic E-state index is -0.447. The minimum absolute atomic E-state index is 0.242. The van der Waals surface area contributed by atoms with Crippen LogP contribution in [0.4, 0.5) is 9.59 Å². The highest BCUT2D eigenvalue weighted by molar-refractivity contribution is 5.89. The molecule has 0 fully saturated rings. The monoisotopic (exact) mass is 494 g/mol. The molecular weight excluding hydrogens is 460 g/mol. The standard InChI is InChI=1S/C26H34N6O4/c1-15-17(3)29-31-26(34)28-24(20-9-13-22(36-6)14-10-20)16(2)18(4)30-32-25(33)27-23(15)19-7-11-21(35-5)12-8-19/h7-16,23-24H,1-6H3,(H2,27,32,33)(H2,28,31,34)/b29-17+,30-18+. The Labute approximate surface area is 211 Å². The second-order valence-electron chi connectivity index (χ2n) is 8.76. The first-order valence-corrected chi connectivity index (χ1v) is 11.7. The van der Waals surface area contributed by atoms with Gasteiger partial charge in [-0.05, 0) is 49.2 Å². The number of urea groups is 2. The van der Waals surface area contributed by atoms with Gasteiger partial charge in [0.05, 0.1) is 26.3 Å². The van der Waals surface area contributed by atoms with Gasteiger partial charge in [-0.1, -0.05) is 38.1 Å². The van der Waals surface area contributed by atoms with Gasteiger partial charge in [0.15, 0.2) is 0 Å². The number of hydrogen-bond acceptors (Lipinski definition) is 6. The SMILES string of the molecule is COc1ccc(C2NC(=O)N/N=C(\C)C(C)C(c3ccc(OC)cc3)NC(=O)N/N=C(\C)C2C)cc1. The highest BCUT2D eigenvalue weighted by Gasteiger charge is 2.27. The summed E-state index contributed by atoms with van der Waals surface area (Å²) in [6, 6.07) is 13.1. The first-order chi connectivity index (χ1) is 17.2. The zero-order valence-corrected chi connectivity index (χ0v) is 21.5. The topological polar surface area (TPSA) is 125 Å². The molecule has 0 spiro atoms. The van der Waals surface area contributed by atoms with E-state index in [0.717, 1.165) is 11.1 Å². The number of methoxy groups -OCH3 is 2. The molecule has 36 heavy (non-hydrogen) atoms. The molecule has 3 rings (SSSR count). The average molecular weight is 495 g/mol. The molecule has 0 saturated heterocycles. The quantitative estimate of drug-likeness (QED) is 0.510.